The first-order valence-electron chi connectivity index (χ1n) is 9.67. The Bertz CT molecular complexity index is 967. The molecule has 2 heterocycles. The fourth-order valence-corrected chi connectivity index (χ4v) is 4.64. The molecule has 1 fully saturated rings. The zero-order valence-corrected chi connectivity index (χ0v) is 17.8. The lowest BCUT2D eigenvalue weighted by atomic mass is 9.92. The van der Waals surface area contributed by atoms with Crippen LogP contribution in [0.3, 0.4) is 0 Å². The summed E-state index contributed by atoms with van der Waals surface area (Å²) in [5.74, 6) is 0.761. The van der Waals surface area contributed by atoms with Crippen LogP contribution in [0.4, 0.5) is 0 Å². The van der Waals surface area contributed by atoms with E-state index in [2.05, 4.69) is 31.0 Å². The van der Waals surface area contributed by atoms with E-state index in [4.69, 9.17) is 10.00 Å². The predicted molar refractivity (Wildman–Crippen MR) is 109 cm³/mol. The number of piperidine rings is 1. The van der Waals surface area contributed by atoms with Crippen molar-refractivity contribution in [3.05, 3.63) is 47.7 Å². The minimum Gasteiger partial charge on any atom is -0.476 e. The maximum absolute atomic E-state index is 12.8. The smallest absolute Gasteiger partial charge is 0.243 e. The highest BCUT2D eigenvalue weighted by atomic mass is 32.2. The Hall–Kier alpha value is -2.50. The maximum atomic E-state index is 12.8. The fourth-order valence-electron chi connectivity index (χ4n) is 3.17. The third-order valence-electron chi connectivity index (χ3n) is 5.07. The van der Waals surface area contributed by atoms with Gasteiger partial charge in [0.15, 0.2) is 0 Å². The summed E-state index contributed by atoms with van der Waals surface area (Å²) in [5, 5.41) is 17.2. The van der Waals surface area contributed by atoms with Gasteiger partial charge in [0.1, 0.15) is 0 Å². The van der Waals surface area contributed by atoms with Crippen LogP contribution in [-0.2, 0) is 15.4 Å². The highest BCUT2D eigenvalue weighted by Gasteiger charge is 2.29. The molecule has 29 heavy (non-hydrogen) atoms. The molecular weight excluding hydrogens is 388 g/mol. The van der Waals surface area contributed by atoms with Crippen LogP contribution in [0.15, 0.2) is 41.3 Å². The van der Waals surface area contributed by atoms with E-state index >= 15 is 0 Å². The quantitative estimate of drug-likeness (QED) is 0.746. The van der Waals surface area contributed by atoms with Crippen LogP contribution in [0.5, 0.6) is 5.88 Å². The molecule has 1 aromatic carbocycles. The van der Waals surface area contributed by atoms with Crippen molar-refractivity contribution in [3.63, 3.8) is 0 Å². The number of hydrogen-bond acceptors (Lipinski definition) is 6. The van der Waals surface area contributed by atoms with Crippen molar-refractivity contribution in [2.24, 2.45) is 5.92 Å². The monoisotopic (exact) mass is 414 g/mol. The topological polar surface area (TPSA) is 96.2 Å². The number of benzene rings is 1. The number of hydrogen-bond donors (Lipinski definition) is 0. The molecule has 1 aliphatic rings. The summed E-state index contributed by atoms with van der Waals surface area (Å²) >= 11 is 0. The van der Waals surface area contributed by atoms with Crippen LogP contribution in [-0.4, -0.2) is 42.6 Å². The molecule has 0 saturated carbocycles. The summed E-state index contributed by atoms with van der Waals surface area (Å²) in [6.07, 6.45) is 1.45. The van der Waals surface area contributed by atoms with E-state index in [9.17, 15) is 8.42 Å². The molecule has 1 saturated heterocycles. The third-order valence-corrected chi connectivity index (χ3v) is 6.98. The molecule has 0 aliphatic carbocycles. The van der Waals surface area contributed by atoms with Gasteiger partial charge in [-0.15, -0.1) is 5.10 Å². The fraction of sp³-hybridized carbons (Fsp3) is 0.476. The van der Waals surface area contributed by atoms with Gasteiger partial charge in [0.05, 0.1) is 28.8 Å². The first-order valence-corrected chi connectivity index (χ1v) is 11.1. The molecule has 7 nitrogen and oxygen atoms in total. The molecule has 0 unspecified atom stereocenters. The van der Waals surface area contributed by atoms with Crippen molar-refractivity contribution in [3.8, 4) is 11.9 Å². The largest absolute Gasteiger partial charge is 0.476 e. The minimum atomic E-state index is -3.54. The maximum Gasteiger partial charge on any atom is 0.243 e. The molecule has 0 spiro atoms. The van der Waals surface area contributed by atoms with Crippen LogP contribution >= 0.6 is 0 Å². The average molecular weight is 415 g/mol. The molecule has 1 aromatic heterocycles. The van der Waals surface area contributed by atoms with E-state index in [1.807, 2.05) is 18.2 Å². The summed E-state index contributed by atoms with van der Waals surface area (Å²) in [7, 11) is -3.54. The number of ether oxygens (including phenoxy) is 1. The van der Waals surface area contributed by atoms with Crippen LogP contribution < -0.4 is 4.74 Å². The zero-order valence-electron chi connectivity index (χ0n) is 17.0. The van der Waals surface area contributed by atoms with E-state index in [0.717, 1.165) is 18.5 Å². The van der Waals surface area contributed by atoms with Gasteiger partial charge in [0, 0.05) is 24.6 Å². The standard InChI is InChI=1S/C21H26N4O3S/c1-21(2,3)19-8-9-20(24-23-19)28-15-17-10-12-25(13-11-17)29(26,27)18-6-4-16(14-22)5-7-18/h4-9,17H,10-13,15H2,1-3H3. The number of aromatic nitrogens is 2. The number of sulfonamides is 1. The Kier molecular flexibility index (Phi) is 6.20. The van der Waals surface area contributed by atoms with Gasteiger partial charge < -0.3 is 4.74 Å². The molecule has 0 bridgehead atoms. The van der Waals surface area contributed by atoms with Gasteiger partial charge >= 0.3 is 0 Å². The number of nitrogens with zero attached hydrogens (tertiary/aromatic N) is 4. The Labute approximate surface area is 172 Å². The van der Waals surface area contributed by atoms with Gasteiger partial charge in [0.2, 0.25) is 15.9 Å². The molecular formula is C21H26N4O3S. The van der Waals surface area contributed by atoms with E-state index in [1.165, 1.54) is 28.6 Å². The summed E-state index contributed by atoms with van der Waals surface area (Å²) < 4.78 is 32.8. The van der Waals surface area contributed by atoms with Gasteiger partial charge in [-0.2, -0.15) is 14.7 Å². The van der Waals surface area contributed by atoms with Crippen LogP contribution in [0.1, 0.15) is 44.9 Å². The summed E-state index contributed by atoms with van der Waals surface area (Å²) in [5.41, 5.74) is 1.29. The van der Waals surface area contributed by atoms with Crippen LogP contribution in [0, 0.1) is 17.2 Å². The Morgan fingerprint density at radius 3 is 2.28 bits per heavy atom. The van der Waals surface area contributed by atoms with Crippen molar-refractivity contribution in [2.45, 2.75) is 43.9 Å². The van der Waals surface area contributed by atoms with Gasteiger partial charge in [-0.05, 0) is 49.1 Å². The molecule has 0 radical (unpaired) electrons. The van der Waals surface area contributed by atoms with Crippen molar-refractivity contribution in [1.82, 2.24) is 14.5 Å². The van der Waals surface area contributed by atoms with Gasteiger partial charge in [-0.25, -0.2) is 8.42 Å². The average Bonchev–Trinajstić information content (AvgIpc) is 2.72. The second-order valence-electron chi connectivity index (χ2n) is 8.30. The summed E-state index contributed by atoms with van der Waals surface area (Å²) in [6, 6.07) is 11.8. The lowest BCUT2D eigenvalue weighted by molar-refractivity contribution is 0.179. The summed E-state index contributed by atoms with van der Waals surface area (Å²) in [4.78, 5) is 0.223. The van der Waals surface area contributed by atoms with Crippen molar-refractivity contribution >= 4 is 10.0 Å². The SMILES string of the molecule is CC(C)(C)c1ccc(OCC2CCN(S(=O)(=O)c3ccc(C#N)cc3)CC2)nn1. The van der Waals surface area contributed by atoms with E-state index < -0.39 is 10.0 Å². The first-order chi connectivity index (χ1) is 13.7. The zero-order chi connectivity index (χ0) is 21.1. The highest BCUT2D eigenvalue weighted by molar-refractivity contribution is 7.89. The molecule has 3 rings (SSSR count). The molecule has 2 aromatic rings. The van der Waals surface area contributed by atoms with Gasteiger partial charge in [0.25, 0.3) is 0 Å². The second kappa shape index (κ2) is 8.47. The summed E-state index contributed by atoms with van der Waals surface area (Å²) in [6.45, 7) is 7.63. The Morgan fingerprint density at radius 2 is 1.76 bits per heavy atom. The molecule has 0 N–H and O–H groups in total. The van der Waals surface area contributed by atoms with Gasteiger partial charge in [-0.3, -0.25) is 0 Å². The molecule has 0 amide bonds. The lowest BCUT2D eigenvalue weighted by Gasteiger charge is -2.31. The normalized spacial score (nSPS) is 16.3. The third kappa shape index (κ3) is 5.11. The first kappa shape index (κ1) is 21.2. The number of rotatable bonds is 5. The molecule has 1 aliphatic heterocycles. The van der Waals surface area contributed by atoms with E-state index in [0.29, 0.717) is 31.1 Å². The van der Waals surface area contributed by atoms with Crippen molar-refractivity contribution in [1.29, 1.82) is 5.26 Å². The second-order valence-corrected chi connectivity index (χ2v) is 10.2. The number of nitriles is 1. The Morgan fingerprint density at radius 1 is 1.10 bits per heavy atom. The van der Waals surface area contributed by atoms with Gasteiger partial charge in [-0.1, -0.05) is 20.8 Å². The van der Waals surface area contributed by atoms with Crippen LogP contribution in [0.2, 0.25) is 0 Å². The van der Waals surface area contributed by atoms with Crippen molar-refractivity contribution in [2.75, 3.05) is 19.7 Å². The van der Waals surface area contributed by atoms with Crippen molar-refractivity contribution < 1.29 is 13.2 Å². The molecule has 154 valence electrons. The predicted octanol–water partition coefficient (Wildman–Crippen LogP) is 3.13. The van der Waals surface area contributed by atoms with Crippen LogP contribution in [0.25, 0.3) is 0 Å². The molecule has 0 atom stereocenters. The van der Waals surface area contributed by atoms with E-state index in [1.54, 1.807) is 0 Å². The molecule has 8 heteroatoms. The Balaban J connectivity index is 1.53. The minimum absolute atomic E-state index is 0.0568. The highest BCUT2D eigenvalue weighted by Crippen LogP contribution is 2.25. The lowest BCUT2D eigenvalue weighted by Crippen LogP contribution is -2.39. The van der Waals surface area contributed by atoms with E-state index in [-0.39, 0.29) is 16.2 Å².